The molecule has 0 radical (unpaired) electrons. The molecule has 0 aliphatic carbocycles. The number of hydrogen-bond donors (Lipinski definition) is 0. The number of hydrogen-bond acceptors (Lipinski definition) is 4. The smallest absolute Gasteiger partial charge is 0.255 e. The van der Waals surface area contributed by atoms with E-state index < -0.39 is 12.1 Å². The van der Waals surface area contributed by atoms with Gasteiger partial charge in [-0.1, -0.05) is 79.7 Å². The highest BCUT2D eigenvalue weighted by Crippen LogP contribution is 2.35. The Hall–Kier alpha value is -4.25. The summed E-state index contributed by atoms with van der Waals surface area (Å²) in [6.45, 7) is 3.64. The quantitative estimate of drug-likeness (QED) is 0.266. The summed E-state index contributed by atoms with van der Waals surface area (Å²) in [6.07, 6.45) is 0.936. The van der Waals surface area contributed by atoms with Crippen LogP contribution in [-0.4, -0.2) is 30.0 Å². The molecule has 4 aromatic carbocycles. The molecular formula is C31H29NO4. The molecule has 182 valence electrons. The van der Waals surface area contributed by atoms with Crippen LogP contribution in [0.3, 0.4) is 0 Å². The van der Waals surface area contributed by atoms with Crippen LogP contribution in [0.2, 0.25) is 0 Å². The summed E-state index contributed by atoms with van der Waals surface area (Å²) in [6, 6.07) is 25.9. The van der Waals surface area contributed by atoms with Crippen LogP contribution in [0.25, 0.3) is 10.8 Å². The van der Waals surface area contributed by atoms with Crippen molar-refractivity contribution in [3.63, 3.8) is 0 Å². The lowest BCUT2D eigenvalue weighted by Crippen LogP contribution is -2.42. The number of carbonyl (C=O) groups is 3. The van der Waals surface area contributed by atoms with Crippen LogP contribution in [-0.2, 0) is 9.59 Å². The van der Waals surface area contributed by atoms with E-state index in [1.807, 2.05) is 73.7 Å². The zero-order valence-corrected chi connectivity index (χ0v) is 20.7. The fourth-order valence-electron chi connectivity index (χ4n) is 4.59. The van der Waals surface area contributed by atoms with E-state index in [0.717, 1.165) is 22.6 Å². The minimum Gasteiger partial charge on any atom is -0.497 e. The first-order valence-electron chi connectivity index (χ1n) is 12.0. The highest BCUT2D eigenvalue weighted by molar-refractivity contribution is 6.03. The van der Waals surface area contributed by atoms with Gasteiger partial charge >= 0.3 is 0 Å². The summed E-state index contributed by atoms with van der Waals surface area (Å²) >= 11 is 0. The first kappa shape index (κ1) is 24.9. The first-order chi connectivity index (χ1) is 17.5. The number of methoxy groups -OCH3 is 1. The normalized spacial score (nSPS) is 12.5. The maximum atomic E-state index is 14.4. The summed E-state index contributed by atoms with van der Waals surface area (Å²) in [4.78, 5) is 41.9. The molecule has 0 fully saturated rings. The van der Waals surface area contributed by atoms with Crippen molar-refractivity contribution in [3.8, 4) is 5.75 Å². The Morgan fingerprint density at radius 3 is 2.14 bits per heavy atom. The summed E-state index contributed by atoms with van der Waals surface area (Å²) in [5, 5.41) is 1.93. The van der Waals surface area contributed by atoms with Crippen LogP contribution in [0, 0.1) is 6.92 Å². The van der Waals surface area contributed by atoms with Gasteiger partial charge in [-0.2, -0.15) is 0 Å². The van der Waals surface area contributed by atoms with E-state index >= 15 is 0 Å². The highest BCUT2D eigenvalue weighted by atomic mass is 16.5. The molecule has 0 saturated heterocycles. The van der Waals surface area contributed by atoms with Crippen molar-refractivity contribution in [2.24, 2.45) is 0 Å². The Morgan fingerprint density at radius 1 is 0.861 bits per heavy atom. The van der Waals surface area contributed by atoms with Crippen molar-refractivity contribution < 1.29 is 19.1 Å². The zero-order chi connectivity index (χ0) is 25.7. The molecule has 0 aliphatic heterocycles. The summed E-state index contributed by atoms with van der Waals surface area (Å²) < 4.78 is 5.37. The van der Waals surface area contributed by atoms with E-state index in [-0.39, 0.29) is 18.1 Å². The lowest BCUT2D eigenvalue weighted by atomic mass is 9.93. The van der Waals surface area contributed by atoms with Gasteiger partial charge in [-0.3, -0.25) is 9.59 Å². The number of ether oxygens (including phenoxy) is 1. The molecule has 4 aromatic rings. The number of benzene rings is 4. The van der Waals surface area contributed by atoms with Gasteiger partial charge in [0.25, 0.3) is 5.91 Å². The monoisotopic (exact) mass is 479 g/mol. The van der Waals surface area contributed by atoms with E-state index in [2.05, 4.69) is 0 Å². The van der Waals surface area contributed by atoms with Crippen molar-refractivity contribution in [1.29, 1.82) is 0 Å². The Kier molecular flexibility index (Phi) is 7.59. The Balaban J connectivity index is 1.94. The van der Waals surface area contributed by atoms with Crippen LogP contribution in [0.15, 0.2) is 91.0 Å². The third-order valence-corrected chi connectivity index (χ3v) is 6.47. The third kappa shape index (κ3) is 4.91. The number of amides is 1. The lowest BCUT2D eigenvalue weighted by molar-refractivity contribution is -0.125. The van der Waals surface area contributed by atoms with Gasteiger partial charge in [-0.25, -0.2) is 0 Å². The minimum absolute atomic E-state index is 0.150. The first-order valence-corrected chi connectivity index (χ1v) is 12.0. The number of aldehydes is 1. The van der Waals surface area contributed by atoms with Gasteiger partial charge in [0.05, 0.1) is 7.11 Å². The molecule has 0 N–H and O–H groups in total. The average Bonchev–Trinajstić information content (AvgIpc) is 2.92. The molecule has 5 heteroatoms. The predicted octanol–water partition coefficient (Wildman–Crippen LogP) is 6.26. The minimum atomic E-state index is -1.00. The van der Waals surface area contributed by atoms with Crippen molar-refractivity contribution in [3.05, 3.63) is 113 Å². The largest absolute Gasteiger partial charge is 0.497 e. The third-order valence-electron chi connectivity index (χ3n) is 6.47. The molecule has 0 aromatic heterocycles. The van der Waals surface area contributed by atoms with Gasteiger partial charge in [-0.05, 0) is 52.6 Å². The van der Waals surface area contributed by atoms with Gasteiger partial charge in [0.1, 0.15) is 24.1 Å². The van der Waals surface area contributed by atoms with E-state index in [1.54, 1.807) is 38.3 Å². The fourth-order valence-corrected chi connectivity index (χ4v) is 4.59. The molecule has 0 aliphatic rings. The summed E-state index contributed by atoms with van der Waals surface area (Å²) in [7, 11) is 1.55. The number of aryl methyl sites for hydroxylation is 1. The molecule has 0 heterocycles. The number of Topliss-reactive ketones (excluding diaryl/α,β-unsaturated/α-hetero) is 1. The second-order valence-corrected chi connectivity index (χ2v) is 8.72. The van der Waals surface area contributed by atoms with Crippen molar-refractivity contribution in [2.75, 3.05) is 7.11 Å². The molecule has 4 rings (SSSR count). The molecule has 0 spiro atoms. The maximum Gasteiger partial charge on any atom is 0.255 e. The Labute approximate surface area is 211 Å². The zero-order valence-electron chi connectivity index (χ0n) is 20.7. The highest BCUT2D eigenvalue weighted by Gasteiger charge is 2.37. The van der Waals surface area contributed by atoms with Crippen LogP contribution in [0.5, 0.6) is 5.75 Å². The van der Waals surface area contributed by atoms with Gasteiger partial charge in [0, 0.05) is 12.0 Å². The van der Waals surface area contributed by atoms with Crippen LogP contribution in [0.1, 0.15) is 52.5 Å². The molecule has 5 nitrogen and oxygen atoms in total. The second-order valence-electron chi connectivity index (χ2n) is 8.72. The SMILES string of the molecule is CCC(=O)C(c1ccccc1)N(C(=O)c1cc2ccccc2cc1C)C(C=O)c1cccc(OC)c1. The maximum absolute atomic E-state index is 14.4. The second kappa shape index (κ2) is 11.0. The molecule has 2 unspecified atom stereocenters. The predicted molar refractivity (Wildman–Crippen MR) is 141 cm³/mol. The van der Waals surface area contributed by atoms with Crippen LogP contribution < -0.4 is 4.74 Å². The topological polar surface area (TPSA) is 63.7 Å². The Morgan fingerprint density at radius 2 is 1.50 bits per heavy atom. The van der Waals surface area contributed by atoms with Crippen LogP contribution in [0.4, 0.5) is 0 Å². The van der Waals surface area contributed by atoms with E-state index in [1.165, 1.54) is 4.90 Å². The van der Waals surface area contributed by atoms with E-state index in [0.29, 0.717) is 22.4 Å². The van der Waals surface area contributed by atoms with Crippen molar-refractivity contribution >= 4 is 28.7 Å². The van der Waals surface area contributed by atoms with Crippen molar-refractivity contribution in [1.82, 2.24) is 4.90 Å². The molecular weight excluding hydrogens is 450 g/mol. The van der Waals surface area contributed by atoms with Crippen molar-refractivity contribution in [2.45, 2.75) is 32.4 Å². The number of ketones is 1. The van der Waals surface area contributed by atoms with E-state index in [4.69, 9.17) is 4.74 Å². The van der Waals surface area contributed by atoms with E-state index in [9.17, 15) is 14.4 Å². The van der Waals surface area contributed by atoms with Crippen LogP contribution >= 0.6 is 0 Å². The summed E-state index contributed by atoms with van der Waals surface area (Å²) in [5.74, 6) is 0.0308. The molecule has 36 heavy (non-hydrogen) atoms. The standard InChI is InChI=1S/C31H29NO4/c1-4-29(34)30(22-11-6-5-7-12-22)32(28(20-33)25-15-10-16-26(18-25)36-3)31(35)27-19-24-14-9-8-13-23(24)17-21(27)2/h5-20,28,30H,4H2,1-3H3. The summed E-state index contributed by atoms with van der Waals surface area (Å²) in [5.41, 5.74) is 2.45. The van der Waals surface area contributed by atoms with Gasteiger partial charge in [-0.15, -0.1) is 0 Å². The van der Waals surface area contributed by atoms with Gasteiger partial charge in [0.15, 0.2) is 5.78 Å². The number of carbonyl (C=O) groups excluding carboxylic acids is 3. The number of fused-ring (bicyclic) bond motifs is 1. The molecule has 0 bridgehead atoms. The lowest BCUT2D eigenvalue weighted by Gasteiger charge is -2.36. The average molecular weight is 480 g/mol. The Bertz CT molecular complexity index is 1400. The molecule has 2 atom stereocenters. The fraction of sp³-hybridized carbons (Fsp3) is 0.194. The van der Waals surface area contributed by atoms with Gasteiger partial charge in [0.2, 0.25) is 0 Å². The molecule has 1 amide bonds. The molecule has 0 saturated carbocycles. The van der Waals surface area contributed by atoms with Gasteiger partial charge < -0.3 is 14.4 Å². The number of rotatable bonds is 9. The number of nitrogens with zero attached hydrogens (tertiary/aromatic N) is 1.